The molecule has 1 heterocycles. The minimum Gasteiger partial charge on any atom is -0.407 e. The van der Waals surface area contributed by atoms with Gasteiger partial charge in [-0.2, -0.15) is 4.31 Å². The van der Waals surface area contributed by atoms with Gasteiger partial charge in [-0.25, -0.2) is 8.42 Å². The molecular weight excluding hydrogens is 571 g/mol. The number of rotatable bonds is 12. The fourth-order valence-corrected chi connectivity index (χ4v) is 13.2. The first kappa shape index (κ1) is 33.1. The molecule has 0 amide bonds. The molecule has 0 spiro atoms. The molecule has 1 aliphatic rings. The van der Waals surface area contributed by atoms with Crippen molar-refractivity contribution in [2.45, 2.75) is 88.7 Å². The molecule has 3 aromatic carbocycles. The maximum atomic E-state index is 14.2. The van der Waals surface area contributed by atoms with Crippen LogP contribution >= 0.6 is 0 Å². The van der Waals surface area contributed by atoms with Crippen LogP contribution in [-0.2, 0) is 19.2 Å². The van der Waals surface area contributed by atoms with Crippen LogP contribution in [0.2, 0.25) is 5.04 Å². The van der Waals surface area contributed by atoms with Crippen molar-refractivity contribution in [1.82, 2.24) is 4.31 Å². The minimum absolute atomic E-state index is 0.00621. The lowest BCUT2D eigenvalue weighted by Crippen LogP contribution is -2.66. The van der Waals surface area contributed by atoms with Crippen molar-refractivity contribution in [3.8, 4) is 0 Å². The molecule has 1 fully saturated rings. The van der Waals surface area contributed by atoms with Crippen molar-refractivity contribution >= 4 is 34.5 Å². The van der Waals surface area contributed by atoms with Crippen LogP contribution in [0.25, 0.3) is 0 Å². The predicted octanol–water partition coefficient (Wildman–Crippen LogP) is 6.65. The maximum absolute atomic E-state index is 14.2. The van der Waals surface area contributed by atoms with Gasteiger partial charge >= 0.3 is 0 Å². The molecule has 0 unspecified atom stereocenters. The number of carbonyl (C=O) groups is 1. The summed E-state index contributed by atoms with van der Waals surface area (Å²) in [7, 11) is -6.66. The lowest BCUT2D eigenvalue weighted by Gasteiger charge is -2.45. The molecular formula is C36H47NO4SSi. The molecule has 0 N–H and O–H groups in total. The highest BCUT2D eigenvalue weighted by Gasteiger charge is 2.50. The standard InChI is InChI=1S/C36H47NO4SSi/c1-7-16-33-29(8-2)27-35(38)34(37(33)42(39,40)30-24-22-28(3)23-25-30)21-15-26-41-43(36(4,5)6,31-17-11-9-12-18-31)32-19-13-10-14-20-32/h7,9-14,17-20,22-25,29,33-34H,1,8,15-16,21,26-27H2,2-6H3/t29-,33+,34-/m0/s1. The third-order valence-corrected chi connectivity index (χ3v) is 15.9. The van der Waals surface area contributed by atoms with E-state index in [2.05, 4.69) is 75.9 Å². The van der Waals surface area contributed by atoms with Crippen molar-refractivity contribution in [3.05, 3.63) is 103 Å². The number of nitrogens with zero attached hydrogens (tertiary/aromatic N) is 1. The highest BCUT2D eigenvalue weighted by atomic mass is 32.2. The molecule has 1 aliphatic heterocycles. The molecule has 7 heteroatoms. The van der Waals surface area contributed by atoms with Gasteiger partial charge in [-0.15, -0.1) is 6.58 Å². The lowest BCUT2D eigenvalue weighted by atomic mass is 9.82. The van der Waals surface area contributed by atoms with Crippen LogP contribution < -0.4 is 10.4 Å². The van der Waals surface area contributed by atoms with Crippen LogP contribution in [0.15, 0.2) is 102 Å². The highest BCUT2D eigenvalue weighted by Crippen LogP contribution is 2.39. The molecule has 43 heavy (non-hydrogen) atoms. The minimum atomic E-state index is -3.92. The monoisotopic (exact) mass is 617 g/mol. The molecule has 0 radical (unpaired) electrons. The van der Waals surface area contributed by atoms with Gasteiger partial charge in [0.2, 0.25) is 10.0 Å². The van der Waals surface area contributed by atoms with Gasteiger partial charge in [0.1, 0.15) is 0 Å². The Morgan fingerprint density at radius 3 is 2.00 bits per heavy atom. The summed E-state index contributed by atoms with van der Waals surface area (Å²) >= 11 is 0. The second kappa shape index (κ2) is 13.9. The average Bonchev–Trinajstić information content (AvgIpc) is 2.99. The Morgan fingerprint density at radius 1 is 0.953 bits per heavy atom. The van der Waals surface area contributed by atoms with Crippen molar-refractivity contribution in [3.63, 3.8) is 0 Å². The Kier molecular flexibility index (Phi) is 10.6. The number of ketones is 1. The van der Waals surface area contributed by atoms with Gasteiger partial charge in [-0.05, 0) is 59.6 Å². The van der Waals surface area contributed by atoms with Gasteiger partial charge in [0, 0.05) is 19.1 Å². The smallest absolute Gasteiger partial charge is 0.261 e. The SMILES string of the molecule is C=CC[C@@H]1[C@@H](CC)CC(=O)[C@H](CCCO[Si](c2ccccc2)(c2ccccc2)C(C)(C)C)N1S(=O)(=O)c1ccc(C)cc1. The zero-order valence-corrected chi connectivity index (χ0v) is 28.1. The summed E-state index contributed by atoms with van der Waals surface area (Å²) in [6, 6.07) is 26.8. The van der Waals surface area contributed by atoms with Crippen LogP contribution in [-0.4, -0.2) is 45.5 Å². The molecule has 0 bridgehead atoms. The number of Topliss-reactive ketones (excluding diaryl/α,β-unsaturated/α-hetero) is 1. The largest absolute Gasteiger partial charge is 0.407 e. The van der Waals surface area contributed by atoms with Crippen LogP contribution in [0.3, 0.4) is 0 Å². The predicted molar refractivity (Wildman–Crippen MR) is 179 cm³/mol. The molecule has 5 nitrogen and oxygen atoms in total. The summed E-state index contributed by atoms with van der Waals surface area (Å²) in [5, 5.41) is 2.23. The zero-order chi connectivity index (χ0) is 31.3. The first-order valence-corrected chi connectivity index (χ1v) is 18.8. The molecule has 0 saturated carbocycles. The van der Waals surface area contributed by atoms with E-state index < -0.39 is 24.4 Å². The summed E-state index contributed by atoms with van der Waals surface area (Å²) in [4.78, 5) is 13.9. The summed E-state index contributed by atoms with van der Waals surface area (Å²) < 4.78 is 37.0. The fourth-order valence-electron chi connectivity index (χ4n) is 6.72. The lowest BCUT2D eigenvalue weighted by molar-refractivity contribution is -0.128. The van der Waals surface area contributed by atoms with E-state index in [9.17, 15) is 13.2 Å². The summed E-state index contributed by atoms with van der Waals surface area (Å²) in [5.41, 5.74) is 0.986. The van der Waals surface area contributed by atoms with E-state index in [1.54, 1.807) is 18.2 Å². The number of hydrogen-bond donors (Lipinski definition) is 0. The van der Waals surface area contributed by atoms with E-state index in [1.807, 2.05) is 38.1 Å². The van der Waals surface area contributed by atoms with Crippen molar-refractivity contribution in [2.24, 2.45) is 5.92 Å². The highest BCUT2D eigenvalue weighted by molar-refractivity contribution is 7.89. The first-order valence-electron chi connectivity index (χ1n) is 15.5. The van der Waals surface area contributed by atoms with Crippen molar-refractivity contribution < 1.29 is 17.6 Å². The number of sulfonamides is 1. The van der Waals surface area contributed by atoms with Gasteiger partial charge in [0.25, 0.3) is 8.32 Å². The van der Waals surface area contributed by atoms with Gasteiger partial charge in [-0.3, -0.25) is 4.79 Å². The Labute approximate surface area is 260 Å². The average molecular weight is 618 g/mol. The third kappa shape index (κ3) is 6.80. The van der Waals surface area contributed by atoms with E-state index >= 15 is 0 Å². The summed E-state index contributed by atoms with van der Waals surface area (Å²) in [6.45, 7) is 15.0. The van der Waals surface area contributed by atoms with Crippen LogP contribution in [0.4, 0.5) is 0 Å². The Balaban J connectivity index is 1.66. The normalized spacial score (nSPS) is 20.2. The number of piperidine rings is 1. The Bertz CT molecular complexity index is 1430. The fraction of sp³-hybridized carbons (Fsp3) is 0.417. The van der Waals surface area contributed by atoms with Gasteiger partial charge in [0.05, 0.1) is 10.9 Å². The van der Waals surface area contributed by atoms with Gasteiger partial charge < -0.3 is 4.43 Å². The number of carbonyl (C=O) groups excluding carboxylic acids is 1. The van der Waals surface area contributed by atoms with E-state index in [0.717, 1.165) is 12.0 Å². The zero-order valence-electron chi connectivity index (χ0n) is 26.3. The van der Waals surface area contributed by atoms with E-state index in [4.69, 9.17) is 4.43 Å². The molecule has 0 aromatic heterocycles. The van der Waals surface area contributed by atoms with Crippen LogP contribution in [0.5, 0.6) is 0 Å². The topological polar surface area (TPSA) is 63.7 Å². The van der Waals surface area contributed by atoms with Crippen LogP contribution in [0.1, 0.15) is 65.4 Å². The van der Waals surface area contributed by atoms with Gasteiger partial charge in [0.15, 0.2) is 5.78 Å². The number of hydrogen-bond acceptors (Lipinski definition) is 4. The van der Waals surface area contributed by atoms with Crippen molar-refractivity contribution in [1.29, 1.82) is 0 Å². The van der Waals surface area contributed by atoms with Gasteiger partial charge in [-0.1, -0.05) is 119 Å². The summed E-state index contributed by atoms with van der Waals surface area (Å²) in [5.74, 6) is -0.0522. The second-order valence-corrected chi connectivity index (χ2v) is 18.9. The molecule has 230 valence electrons. The molecule has 0 aliphatic carbocycles. The van der Waals surface area contributed by atoms with Crippen LogP contribution in [0, 0.1) is 12.8 Å². The Hall–Kier alpha value is -2.84. The van der Waals surface area contributed by atoms with E-state index in [1.165, 1.54) is 14.7 Å². The molecule has 1 saturated heterocycles. The number of benzene rings is 3. The third-order valence-electron chi connectivity index (χ3n) is 8.90. The first-order chi connectivity index (χ1) is 20.5. The quantitative estimate of drug-likeness (QED) is 0.130. The maximum Gasteiger partial charge on any atom is 0.261 e. The summed E-state index contributed by atoms with van der Waals surface area (Å²) in [6.07, 6.45) is 4.38. The number of aryl methyl sites for hydroxylation is 1. The van der Waals surface area contributed by atoms with E-state index in [0.29, 0.717) is 32.3 Å². The molecule has 3 aromatic rings. The molecule has 4 rings (SSSR count). The van der Waals surface area contributed by atoms with E-state index in [-0.39, 0.29) is 27.7 Å². The molecule has 3 atom stereocenters. The second-order valence-electron chi connectivity index (χ2n) is 12.7. The Morgan fingerprint density at radius 2 is 1.51 bits per heavy atom. The van der Waals surface area contributed by atoms with Crippen molar-refractivity contribution in [2.75, 3.05) is 6.61 Å².